The highest BCUT2D eigenvalue weighted by Gasteiger charge is 2.24. The van der Waals surface area contributed by atoms with Gasteiger partial charge in [-0.1, -0.05) is 24.3 Å². The minimum Gasteiger partial charge on any atom is -0.369 e. The Balaban J connectivity index is 1.68. The molecule has 0 aromatic heterocycles. The Labute approximate surface area is 149 Å². The normalized spacial score (nSPS) is 16.7. The number of nitro benzene ring substituents is 1. The molecule has 5 nitrogen and oxygen atoms in total. The Bertz CT molecular complexity index is 767. The van der Waals surface area contributed by atoms with Crippen molar-refractivity contribution < 1.29 is 4.92 Å². The van der Waals surface area contributed by atoms with Crippen LogP contribution in [-0.4, -0.2) is 36.0 Å². The zero-order valence-electron chi connectivity index (χ0n) is 15.1. The van der Waals surface area contributed by atoms with E-state index in [0.717, 1.165) is 31.7 Å². The first-order valence-electron chi connectivity index (χ1n) is 8.77. The molecule has 5 heteroatoms. The van der Waals surface area contributed by atoms with E-state index >= 15 is 0 Å². The Kier molecular flexibility index (Phi) is 5.04. The van der Waals surface area contributed by atoms with Crippen LogP contribution in [-0.2, 0) is 0 Å². The molecule has 2 aromatic rings. The maximum absolute atomic E-state index is 11.0. The van der Waals surface area contributed by atoms with E-state index in [4.69, 9.17) is 0 Å². The minimum absolute atomic E-state index is 0.165. The third-order valence-corrected chi connectivity index (χ3v) is 5.34. The average Bonchev–Trinajstić information content (AvgIpc) is 2.63. The second-order valence-electron chi connectivity index (χ2n) is 6.77. The highest BCUT2D eigenvalue weighted by atomic mass is 16.6. The van der Waals surface area contributed by atoms with E-state index in [1.54, 1.807) is 18.2 Å². The summed E-state index contributed by atoms with van der Waals surface area (Å²) in [5.74, 6) is 0. The van der Waals surface area contributed by atoms with Crippen molar-refractivity contribution in [3.63, 3.8) is 0 Å². The largest absolute Gasteiger partial charge is 0.369 e. The van der Waals surface area contributed by atoms with Crippen molar-refractivity contribution in [3.8, 4) is 0 Å². The van der Waals surface area contributed by atoms with Crippen LogP contribution in [0.1, 0.15) is 29.7 Å². The lowest BCUT2D eigenvalue weighted by atomic mass is 10.0. The topological polar surface area (TPSA) is 49.6 Å². The van der Waals surface area contributed by atoms with E-state index in [0.29, 0.717) is 0 Å². The lowest BCUT2D eigenvalue weighted by Crippen LogP contribution is -2.47. The molecule has 1 saturated heterocycles. The summed E-state index contributed by atoms with van der Waals surface area (Å²) >= 11 is 0. The Morgan fingerprint density at radius 3 is 2.40 bits per heavy atom. The molecule has 1 aliphatic rings. The summed E-state index contributed by atoms with van der Waals surface area (Å²) < 4.78 is 0. The number of hydrogen-bond acceptors (Lipinski definition) is 4. The smallest absolute Gasteiger partial charge is 0.269 e. The van der Waals surface area contributed by atoms with Crippen LogP contribution < -0.4 is 4.90 Å². The first-order valence-corrected chi connectivity index (χ1v) is 8.77. The number of piperazine rings is 1. The molecule has 132 valence electrons. The number of non-ortho nitro benzene ring substituents is 1. The predicted molar refractivity (Wildman–Crippen MR) is 101 cm³/mol. The van der Waals surface area contributed by atoms with E-state index in [2.05, 4.69) is 48.8 Å². The number of hydrogen-bond donors (Lipinski definition) is 0. The fourth-order valence-corrected chi connectivity index (χ4v) is 3.54. The summed E-state index contributed by atoms with van der Waals surface area (Å²) in [4.78, 5) is 15.5. The summed E-state index contributed by atoms with van der Waals surface area (Å²) in [5.41, 5.74) is 5.17. The molecular formula is C20H25N3O2. The number of rotatable bonds is 4. The third kappa shape index (κ3) is 3.66. The van der Waals surface area contributed by atoms with Crippen molar-refractivity contribution in [3.05, 3.63) is 69.3 Å². The Morgan fingerprint density at radius 2 is 1.72 bits per heavy atom. The van der Waals surface area contributed by atoms with Crippen LogP contribution in [0, 0.1) is 24.0 Å². The summed E-state index contributed by atoms with van der Waals surface area (Å²) in [5, 5.41) is 11.0. The highest BCUT2D eigenvalue weighted by Crippen LogP contribution is 2.28. The van der Waals surface area contributed by atoms with Gasteiger partial charge in [-0.05, 0) is 43.5 Å². The predicted octanol–water partition coefficient (Wildman–Crippen LogP) is 4.09. The first-order chi connectivity index (χ1) is 12.0. The van der Waals surface area contributed by atoms with Crippen LogP contribution in [0.15, 0.2) is 42.5 Å². The van der Waals surface area contributed by atoms with Gasteiger partial charge in [0.1, 0.15) is 0 Å². The molecule has 25 heavy (non-hydrogen) atoms. The van der Waals surface area contributed by atoms with Crippen molar-refractivity contribution in [1.29, 1.82) is 0 Å². The second-order valence-corrected chi connectivity index (χ2v) is 6.77. The van der Waals surface area contributed by atoms with E-state index < -0.39 is 0 Å². The summed E-state index contributed by atoms with van der Waals surface area (Å²) in [6, 6.07) is 13.7. The number of aryl methyl sites for hydroxylation is 1. The van der Waals surface area contributed by atoms with Gasteiger partial charge < -0.3 is 4.90 Å². The zero-order chi connectivity index (χ0) is 18.0. The van der Waals surface area contributed by atoms with Gasteiger partial charge in [0.15, 0.2) is 0 Å². The SMILES string of the molecule is Cc1cccc(N2CCN([C@H](C)c3cccc([N+](=O)[O-])c3)CC2)c1C. The molecule has 1 heterocycles. The number of nitro groups is 1. The molecule has 1 atom stereocenters. The van der Waals surface area contributed by atoms with Gasteiger partial charge >= 0.3 is 0 Å². The second kappa shape index (κ2) is 7.23. The fourth-order valence-electron chi connectivity index (χ4n) is 3.54. The van der Waals surface area contributed by atoms with Crippen LogP contribution in [0.2, 0.25) is 0 Å². The molecular weight excluding hydrogens is 314 g/mol. The van der Waals surface area contributed by atoms with Crippen LogP contribution in [0.5, 0.6) is 0 Å². The summed E-state index contributed by atoms with van der Waals surface area (Å²) in [7, 11) is 0. The molecule has 2 aromatic carbocycles. The van der Waals surface area contributed by atoms with Crippen molar-refractivity contribution in [1.82, 2.24) is 4.90 Å². The quantitative estimate of drug-likeness (QED) is 0.622. The highest BCUT2D eigenvalue weighted by molar-refractivity contribution is 5.56. The molecule has 0 bridgehead atoms. The average molecular weight is 339 g/mol. The maximum atomic E-state index is 11.0. The lowest BCUT2D eigenvalue weighted by Gasteiger charge is -2.40. The van der Waals surface area contributed by atoms with E-state index in [-0.39, 0.29) is 16.7 Å². The molecule has 0 N–H and O–H groups in total. The number of nitrogens with zero attached hydrogens (tertiary/aromatic N) is 3. The van der Waals surface area contributed by atoms with Gasteiger partial charge in [0.2, 0.25) is 0 Å². The van der Waals surface area contributed by atoms with Gasteiger partial charge in [-0.15, -0.1) is 0 Å². The van der Waals surface area contributed by atoms with Crippen LogP contribution in [0.25, 0.3) is 0 Å². The lowest BCUT2D eigenvalue weighted by molar-refractivity contribution is -0.384. The van der Waals surface area contributed by atoms with Crippen molar-refractivity contribution >= 4 is 11.4 Å². The van der Waals surface area contributed by atoms with E-state index in [1.807, 2.05) is 6.07 Å². The first kappa shape index (κ1) is 17.4. The van der Waals surface area contributed by atoms with Crippen LogP contribution >= 0.6 is 0 Å². The van der Waals surface area contributed by atoms with Gasteiger partial charge in [0.25, 0.3) is 5.69 Å². The maximum Gasteiger partial charge on any atom is 0.269 e. The molecule has 0 aliphatic carbocycles. The van der Waals surface area contributed by atoms with Crippen molar-refractivity contribution in [2.24, 2.45) is 0 Å². The van der Waals surface area contributed by atoms with Crippen LogP contribution in [0.3, 0.4) is 0 Å². The summed E-state index contributed by atoms with van der Waals surface area (Å²) in [6.45, 7) is 10.3. The van der Waals surface area contributed by atoms with Gasteiger partial charge in [-0.2, -0.15) is 0 Å². The molecule has 0 spiro atoms. The molecule has 0 saturated carbocycles. The van der Waals surface area contributed by atoms with Gasteiger partial charge in [0.05, 0.1) is 4.92 Å². The number of benzene rings is 2. The summed E-state index contributed by atoms with van der Waals surface area (Å²) in [6.07, 6.45) is 0. The fraction of sp³-hybridized carbons (Fsp3) is 0.400. The van der Waals surface area contributed by atoms with Gasteiger partial charge in [-0.25, -0.2) is 0 Å². The molecule has 0 radical (unpaired) electrons. The molecule has 1 fully saturated rings. The van der Waals surface area contributed by atoms with Crippen molar-refractivity contribution in [2.45, 2.75) is 26.8 Å². The van der Waals surface area contributed by atoms with Crippen LogP contribution in [0.4, 0.5) is 11.4 Å². The molecule has 3 rings (SSSR count). The standard InChI is InChI=1S/C20H25N3O2/c1-15-6-4-9-20(16(15)2)22-12-10-21(11-13-22)17(3)18-7-5-8-19(14-18)23(24)25/h4-9,14,17H,10-13H2,1-3H3/t17-/m1/s1. The van der Waals surface area contributed by atoms with E-state index in [1.165, 1.54) is 16.8 Å². The van der Waals surface area contributed by atoms with Crippen molar-refractivity contribution in [2.75, 3.05) is 31.1 Å². The van der Waals surface area contributed by atoms with Gasteiger partial charge in [0, 0.05) is 50.0 Å². The molecule has 1 aliphatic heterocycles. The third-order valence-electron chi connectivity index (χ3n) is 5.34. The minimum atomic E-state index is -0.325. The van der Waals surface area contributed by atoms with E-state index in [9.17, 15) is 10.1 Å². The molecule has 0 unspecified atom stereocenters. The molecule has 0 amide bonds. The zero-order valence-corrected chi connectivity index (χ0v) is 15.1. The monoisotopic (exact) mass is 339 g/mol. The Morgan fingerprint density at radius 1 is 1.04 bits per heavy atom. The number of anilines is 1. The van der Waals surface area contributed by atoms with Gasteiger partial charge in [-0.3, -0.25) is 15.0 Å². The Hall–Kier alpha value is -2.40.